The molecule has 2 aromatic rings. The Morgan fingerprint density at radius 1 is 1.23 bits per heavy atom. The summed E-state index contributed by atoms with van der Waals surface area (Å²) in [6.45, 7) is 1.31. The smallest absolute Gasteiger partial charge is 0.479 e. The van der Waals surface area contributed by atoms with Crippen molar-refractivity contribution < 1.29 is 52.0 Å². The zero-order chi connectivity index (χ0) is 28.5. The number of carboxylic acid groups (broad SMARTS) is 1. The van der Waals surface area contributed by atoms with Crippen LogP contribution in [0.4, 0.5) is 13.6 Å². The van der Waals surface area contributed by atoms with Gasteiger partial charge in [-0.25, -0.2) is 18.4 Å². The highest BCUT2D eigenvalue weighted by molar-refractivity contribution is 5.99. The normalized spacial score (nSPS) is 19.6. The molecule has 39 heavy (non-hydrogen) atoms. The van der Waals surface area contributed by atoms with Crippen molar-refractivity contribution in [3.8, 4) is 5.75 Å². The van der Waals surface area contributed by atoms with E-state index in [1.165, 1.54) is 9.47 Å². The number of nitrogens with one attached hydrogen (secondary N) is 1. The maximum atomic E-state index is 14.0. The fourth-order valence-electron chi connectivity index (χ4n) is 4.39. The lowest BCUT2D eigenvalue weighted by molar-refractivity contribution is -0.141. The molecule has 0 aliphatic carbocycles. The number of fused-ring (bicyclic) bond motifs is 2. The Morgan fingerprint density at radius 2 is 1.97 bits per heavy atom. The van der Waals surface area contributed by atoms with Gasteiger partial charge < -0.3 is 38.8 Å². The molecule has 3 heterocycles. The molecule has 1 saturated heterocycles. The fraction of sp³-hybridized carbons (Fsp3) is 0.375. The van der Waals surface area contributed by atoms with E-state index in [9.17, 15) is 32.8 Å². The standard InChI is InChI=1S/C24H23F2N3O10/c1-12-8-39-24(2)10-28-7-15(21(33)27-6-13-3-4-14(25)5-16(13)26)19(32)20(18(28)22(34)29(12)24)37-11-38-23(35)36-9-17(30)31/h3-5,7,12H,6,8-11H2,1-2H3,(H,27,33)(H,30,31)/t12-,24+/m0/s1. The van der Waals surface area contributed by atoms with E-state index in [1.807, 2.05) is 0 Å². The molecule has 4 rings (SSSR count). The number of amides is 2. The number of carbonyl (C=O) groups is 4. The lowest BCUT2D eigenvalue weighted by Crippen LogP contribution is -2.56. The van der Waals surface area contributed by atoms with Crippen molar-refractivity contribution >= 4 is 23.9 Å². The van der Waals surface area contributed by atoms with Crippen LogP contribution in [-0.2, 0) is 32.1 Å². The highest BCUT2D eigenvalue weighted by Gasteiger charge is 2.51. The summed E-state index contributed by atoms with van der Waals surface area (Å²) < 4.78 is 48.5. The molecule has 2 aliphatic rings. The molecule has 1 fully saturated rings. The molecule has 0 unspecified atom stereocenters. The molecule has 1 aromatic heterocycles. The van der Waals surface area contributed by atoms with Gasteiger partial charge in [0.05, 0.1) is 19.2 Å². The van der Waals surface area contributed by atoms with Crippen LogP contribution in [0.2, 0.25) is 0 Å². The number of hydrogen-bond acceptors (Lipinski definition) is 9. The van der Waals surface area contributed by atoms with E-state index < -0.39 is 71.4 Å². The number of hydrogen-bond donors (Lipinski definition) is 2. The first-order valence-electron chi connectivity index (χ1n) is 11.5. The number of aliphatic carboxylic acids is 1. The summed E-state index contributed by atoms with van der Waals surface area (Å²) in [5, 5.41) is 10.9. The van der Waals surface area contributed by atoms with Crippen molar-refractivity contribution in [2.24, 2.45) is 0 Å². The van der Waals surface area contributed by atoms with Crippen LogP contribution in [0, 0.1) is 11.6 Å². The monoisotopic (exact) mass is 551 g/mol. The number of ether oxygens (including phenoxy) is 4. The van der Waals surface area contributed by atoms with Crippen LogP contribution >= 0.6 is 0 Å². The first-order chi connectivity index (χ1) is 18.4. The van der Waals surface area contributed by atoms with E-state index >= 15 is 0 Å². The summed E-state index contributed by atoms with van der Waals surface area (Å²) >= 11 is 0. The van der Waals surface area contributed by atoms with E-state index in [2.05, 4.69) is 14.8 Å². The number of nitrogens with zero attached hydrogens (tertiary/aromatic N) is 2. The number of aromatic nitrogens is 1. The second-order valence-electron chi connectivity index (χ2n) is 8.95. The number of carbonyl (C=O) groups excluding carboxylic acids is 3. The second kappa shape index (κ2) is 10.7. The van der Waals surface area contributed by atoms with Gasteiger partial charge in [0.15, 0.2) is 18.0 Å². The zero-order valence-corrected chi connectivity index (χ0v) is 20.7. The van der Waals surface area contributed by atoms with Gasteiger partial charge in [0, 0.05) is 24.4 Å². The van der Waals surface area contributed by atoms with E-state index in [4.69, 9.17) is 14.6 Å². The Labute approximate surface area is 218 Å². The van der Waals surface area contributed by atoms with Crippen molar-refractivity contribution in [1.29, 1.82) is 0 Å². The lowest BCUT2D eigenvalue weighted by atomic mass is 10.1. The van der Waals surface area contributed by atoms with Crippen LogP contribution in [0.5, 0.6) is 5.75 Å². The average Bonchev–Trinajstić information content (AvgIpc) is 3.17. The van der Waals surface area contributed by atoms with Crippen molar-refractivity contribution in [3.05, 3.63) is 63.1 Å². The van der Waals surface area contributed by atoms with E-state index in [0.717, 1.165) is 18.3 Å². The Bertz CT molecular complexity index is 1410. The summed E-state index contributed by atoms with van der Waals surface area (Å²) in [5.74, 6) is -5.36. The molecule has 0 bridgehead atoms. The van der Waals surface area contributed by atoms with Gasteiger partial charge in [0.25, 0.3) is 11.8 Å². The van der Waals surface area contributed by atoms with Crippen LogP contribution < -0.4 is 15.5 Å². The molecule has 2 N–H and O–H groups in total. The number of halogens is 2. The van der Waals surface area contributed by atoms with Gasteiger partial charge in [-0.15, -0.1) is 0 Å². The highest BCUT2D eigenvalue weighted by atomic mass is 19.1. The molecule has 0 radical (unpaired) electrons. The third kappa shape index (κ3) is 5.52. The minimum atomic E-state index is -1.44. The Balaban J connectivity index is 1.65. The third-order valence-electron chi connectivity index (χ3n) is 6.10. The summed E-state index contributed by atoms with van der Waals surface area (Å²) in [6, 6.07) is 2.43. The van der Waals surface area contributed by atoms with Crippen molar-refractivity contribution in [3.63, 3.8) is 0 Å². The number of rotatable bonds is 8. The predicted octanol–water partition coefficient (Wildman–Crippen LogP) is 1.22. The minimum Gasteiger partial charge on any atom is -0.479 e. The SMILES string of the molecule is C[C@H]1CO[C@]2(C)Cn3cc(C(=O)NCc4ccc(F)cc4F)c(=O)c(OCOC(=O)OCC(=O)O)c3C(=O)N12. The Kier molecular flexibility index (Phi) is 7.53. The Hall–Kier alpha value is -4.53. The average molecular weight is 551 g/mol. The first kappa shape index (κ1) is 27.5. The summed E-state index contributed by atoms with van der Waals surface area (Å²) in [5.41, 5.74) is -2.90. The van der Waals surface area contributed by atoms with Gasteiger partial charge in [-0.1, -0.05) is 6.07 Å². The minimum absolute atomic E-state index is 0.00341. The van der Waals surface area contributed by atoms with Crippen molar-refractivity contribution in [2.45, 2.75) is 38.7 Å². The van der Waals surface area contributed by atoms with Crippen LogP contribution in [0.1, 0.15) is 40.3 Å². The second-order valence-corrected chi connectivity index (χ2v) is 8.95. The fourth-order valence-corrected chi connectivity index (χ4v) is 4.39. The molecule has 208 valence electrons. The highest BCUT2D eigenvalue weighted by Crippen LogP contribution is 2.37. The van der Waals surface area contributed by atoms with Crippen LogP contribution in [0.15, 0.2) is 29.2 Å². The lowest BCUT2D eigenvalue weighted by Gasteiger charge is -2.41. The molecular formula is C24H23F2N3O10. The summed E-state index contributed by atoms with van der Waals surface area (Å²) in [7, 11) is 0. The van der Waals surface area contributed by atoms with E-state index in [-0.39, 0.29) is 37.0 Å². The molecule has 0 spiro atoms. The van der Waals surface area contributed by atoms with Crippen LogP contribution in [0.25, 0.3) is 0 Å². The maximum Gasteiger partial charge on any atom is 0.511 e. The number of carboxylic acids is 1. The van der Waals surface area contributed by atoms with Crippen LogP contribution in [-0.4, -0.2) is 70.3 Å². The molecule has 2 atom stereocenters. The molecule has 15 heteroatoms. The Morgan fingerprint density at radius 3 is 2.67 bits per heavy atom. The quantitative estimate of drug-likeness (QED) is 0.360. The van der Waals surface area contributed by atoms with Crippen molar-refractivity contribution in [2.75, 3.05) is 20.0 Å². The van der Waals surface area contributed by atoms with Gasteiger partial charge in [0.2, 0.25) is 18.0 Å². The molecule has 13 nitrogen and oxygen atoms in total. The van der Waals surface area contributed by atoms with Crippen molar-refractivity contribution in [1.82, 2.24) is 14.8 Å². The number of pyridine rings is 1. The van der Waals surface area contributed by atoms with E-state index in [0.29, 0.717) is 6.07 Å². The van der Waals surface area contributed by atoms with Crippen LogP contribution in [0.3, 0.4) is 0 Å². The molecule has 1 aromatic carbocycles. The molecule has 0 saturated carbocycles. The van der Waals surface area contributed by atoms with E-state index in [1.54, 1.807) is 13.8 Å². The van der Waals surface area contributed by atoms with Gasteiger partial charge in [0.1, 0.15) is 17.2 Å². The summed E-state index contributed by atoms with van der Waals surface area (Å²) in [4.78, 5) is 63.3. The zero-order valence-electron chi connectivity index (χ0n) is 20.7. The predicted molar refractivity (Wildman–Crippen MR) is 124 cm³/mol. The van der Waals surface area contributed by atoms with Gasteiger partial charge >= 0.3 is 12.1 Å². The molecule has 2 aliphatic heterocycles. The largest absolute Gasteiger partial charge is 0.511 e. The maximum absolute atomic E-state index is 14.0. The summed E-state index contributed by atoms with van der Waals surface area (Å²) in [6.07, 6.45) is -0.280. The van der Waals surface area contributed by atoms with Gasteiger partial charge in [-0.2, -0.15) is 0 Å². The number of benzene rings is 1. The molecule has 2 amide bonds. The topological polar surface area (TPSA) is 163 Å². The first-order valence-corrected chi connectivity index (χ1v) is 11.5. The van der Waals surface area contributed by atoms with Gasteiger partial charge in [-0.3, -0.25) is 14.4 Å². The third-order valence-corrected chi connectivity index (χ3v) is 6.10. The van der Waals surface area contributed by atoms with Gasteiger partial charge in [-0.05, 0) is 19.9 Å². The molecular weight excluding hydrogens is 528 g/mol.